The number of amides is 2. The van der Waals surface area contributed by atoms with E-state index in [1.807, 2.05) is 13.8 Å². The zero-order valence-corrected chi connectivity index (χ0v) is 10.5. The summed E-state index contributed by atoms with van der Waals surface area (Å²) in [7, 11) is 0. The molecule has 100 valence electrons. The molecule has 0 aromatic heterocycles. The number of aliphatic hydroxyl groups is 1. The quantitative estimate of drug-likeness (QED) is 0.612. The summed E-state index contributed by atoms with van der Waals surface area (Å²) in [6.45, 7) is 3.73. The molecule has 0 radical (unpaired) electrons. The summed E-state index contributed by atoms with van der Waals surface area (Å²) < 4.78 is 0. The van der Waals surface area contributed by atoms with E-state index in [1.54, 1.807) is 0 Å². The lowest BCUT2D eigenvalue weighted by atomic mass is 10.1. The number of hydrogen-bond donors (Lipinski definition) is 3. The Morgan fingerprint density at radius 2 is 2.11 bits per heavy atom. The Morgan fingerprint density at radius 1 is 1.50 bits per heavy atom. The number of aliphatic carboxylic acids is 1. The van der Waals surface area contributed by atoms with Crippen LogP contribution >= 0.6 is 0 Å². The number of carboxylic acid groups (broad SMARTS) is 1. The highest BCUT2D eigenvalue weighted by Gasteiger charge is 2.39. The Hall–Kier alpha value is -1.74. The Bertz CT molecular complexity index is 375. The molecular weight excluding hydrogens is 236 g/mol. The SMILES string of the molecule is C#CC(NC(=O)N1CC(O)CC1C(=O)O)C(C)C. The normalized spacial score (nSPS) is 24.7. The predicted molar refractivity (Wildman–Crippen MR) is 64.7 cm³/mol. The first-order valence-corrected chi connectivity index (χ1v) is 5.81. The van der Waals surface area contributed by atoms with Crippen LogP contribution in [0.3, 0.4) is 0 Å². The fraction of sp³-hybridized carbons (Fsp3) is 0.667. The van der Waals surface area contributed by atoms with Gasteiger partial charge in [0.25, 0.3) is 0 Å². The smallest absolute Gasteiger partial charge is 0.326 e. The van der Waals surface area contributed by atoms with Crippen LogP contribution in [0.1, 0.15) is 20.3 Å². The fourth-order valence-electron chi connectivity index (χ4n) is 1.89. The number of carbonyl (C=O) groups is 2. The van der Waals surface area contributed by atoms with Crippen molar-refractivity contribution in [2.45, 2.75) is 38.5 Å². The largest absolute Gasteiger partial charge is 0.480 e. The van der Waals surface area contributed by atoms with E-state index in [4.69, 9.17) is 11.5 Å². The van der Waals surface area contributed by atoms with Crippen LogP contribution in [0, 0.1) is 18.3 Å². The van der Waals surface area contributed by atoms with Gasteiger partial charge in [0.15, 0.2) is 0 Å². The molecule has 6 nitrogen and oxygen atoms in total. The monoisotopic (exact) mass is 254 g/mol. The Labute approximate surface area is 106 Å². The molecule has 1 saturated heterocycles. The van der Waals surface area contributed by atoms with E-state index in [-0.39, 0.29) is 18.9 Å². The van der Waals surface area contributed by atoms with Crippen LogP contribution in [0.4, 0.5) is 4.79 Å². The molecule has 1 heterocycles. The summed E-state index contributed by atoms with van der Waals surface area (Å²) in [4.78, 5) is 24.0. The number of urea groups is 1. The van der Waals surface area contributed by atoms with Gasteiger partial charge in [-0.1, -0.05) is 19.8 Å². The van der Waals surface area contributed by atoms with Gasteiger partial charge in [0.2, 0.25) is 0 Å². The van der Waals surface area contributed by atoms with Crippen LogP contribution < -0.4 is 5.32 Å². The predicted octanol–water partition coefficient (Wildman–Crippen LogP) is -0.126. The van der Waals surface area contributed by atoms with Crippen molar-refractivity contribution in [3.8, 4) is 12.3 Å². The second-order valence-corrected chi connectivity index (χ2v) is 4.73. The number of rotatable bonds is 3. The van der Waals surface area contributed by atoms with Crippen LogP contribution in [0.15, 0.2) is 0 Å². The number of likely N-dealkylation sites (tertiary alicyclic amines) is 1. The highest BCUT2D eigenvalue weighted by atomic mass is 16.4. The highest BCUT2D eigenvalue weighted by molar-refractivity contribution is 5.83. The third kappa shape index (κ3) is 3.14. The number of β-amino-alcohol motifs (C(OH)–C–C–N with tert-alkyl or cyclic N) is 1. The van der Waals surface area contributed by atoms with Crippen molar-refractivity contribution in [3.05, 3.63) is 0 Å². The zero-order chi connectivity index (χ0) is 13.9. The third-order valence-electron chi connectivity index (χ3n) is 2.95. The second-order valence-electron chi connectivity index (χ2n) is 4.73. The van der Waals surface area contributed by atoms with Gasteiger partial charge in [0, 0.05) is 13.0 Å². The van der Waals surface area contributed by atoms with Gasteiger partial charge in [0.05, 0.1) is 12.1 Å². The molecule has 6 heteroatoms. The van der Waals surface area contributed by atoms with Crippen molar-refractivity contribution in [2.24, 2.45) is 5.92 Å². The Kier molecular flexibility index (Phi) is 4.56. The molecule has 3 N–H and O–H groups in total. The number of carboxylic acids is 1. The molecule has 18 heavy (non-hydrogen) atoms. The summed E-state index contributed by atoms with van der Waals surface area (Å²) in [5.41, 5.74) is 0. The maximum Gasteiger partial charge on any atom is 0.326 e. The van der Waals surface area contributed by atoms with Gasteiger partial charge in [-0.25, -0.2) is 9.59 Å². The topological polar surface area (TPSA) is 89.9 Å². The van der Waals surface area contributed by atoms with Gasteiger partial charge in [-0.05, 0) is 5.92 Å². The van der Waals surface area contributed by atoms with Gasteiger partial charge in [-0.2, -0.15) is 0 Å². The summed E-state index contributed by atoms with van der Waals surface area (Å²) in [6, 6.07) is -1.99. The molecule has 1 aliphatic rings. The molecule has 0 aromatic rings. The van der Waals surface area contributed by atoms with E-state index in [1.165, 1.54) is 0 Å². The minimum absolute atomic E-state index is 0.0121. The van der Waals surface area contributed by atoms with Crippen molar-refractivity contribution in [2.75, 3.05) is 6.54 Å². The van der Waals surface area contributed by atoms with Crippen LogP contribution in [0.25, 0.3) is 0 Å². The molecule has 1 rings (SSSR count). The molecule has 3 atom stereocenters. The Balaban J connectivity index is 2.71. The molecule has 1 aliphatic heterocycles. The molecule has 0 spiro atoms. The molecule has 3 unspecified atom stereocenters. The van der Waals surface area contributed by atoms with Crippen molar-refractivity contribution in [1.82, 2.24) is 10.2 Å². The Morgan fingerprint density at radius 3 is 2.56 bits per heavy atom. The lowest BCUT2D eigenvalue weighted by Crippen LogP contribution is -2.50. The average molecular weight is 254 g/mol. The maximum atomic E-state index is 11.9. The van der Waals surface area contributed by atoms with Gasteiger partial charge >= 0.3 is 12.0 Å². The third-order valence-corrected chi connectivity index (χ3v) is 2.95. The van der Waals surface area contributed by atoms with E-state index >= 15 is 0 Å². The van der Waals surface area contributed by atoms with E-state index in [2.05, 4.69) is 11.2 Å². The highest BCUT2D eigenvalue weighted by Crippen LogP contribution is 2.18. The summed E-state index contributed by atoms with van der Waals surface area (Å²) >= 11 is 0. The lowest BCUT2D eigenvalue weighted by molar-refractivity contribution is -0.141. The molecule has 0 aromatic carbocycles. The van der Waals surface area contributed by atoms with E-state index in [9.17, 15) is 14.7 Å². The molecule has 1 fully saturated rings. The zero-order valence-electron chi connectivity index (χ0n) is 10.5. The van der Waals surface area contributed by atoms with Crippen LogP contribution in [0.2, 0.25) is 0 Å². The van der Waals surface area contributed by atoms with Gasteiger partial charge in [-0.3, -0.25) is 0 Å². The van der Waals surface area contributed by atoms with Crippen LogP contribution in [0.5, 0.6) is 0 Å². The van der Waals surface area contributed by atoms with E-state index in [0.29, 0.717) is 0 Å². The minimum Gasteiger partial charge on any atom is -0.480 e. The van der Waals surface area contributed by atoms with Gasteiger partial charge in [-0.15, -0.1) is 6.42 Å². The number of nitrogens with zero attached hydrogens (tertiary/aromatic N) is 1. The average Bonchev–Trinajstić information content (AvgIpc) is 2.67. The number of nitrogens with one attached hydrogen (secondary N) is 1. The standard InChI is InChI=1S/C12H18N2O4/c1-4-9(7(2)3)13-12(18)14-6-8(15)5-10(14)11(16)17/h1,7-10,15H,5-6H2,2-3H3,(H,13,18)(H,16,17). The van der Waals surface area contributed by atoms with Crippen molar-refractivity contribution in [3.63, 3.8) is 0 Å². The lowest BCUT2D eigenvalue weighted by Gasteiger charge is -2.25. The fourth-order valence-corrected chi connectivity index (χ4v) is 1.89. The molecule has 0 saturated carbocycles. The van der Waals surface area contributed by atoms with Crippen molar-refractivity contribution in [1.29, 1.82) is 0 Å². The summed E-state index contributed by atoms with van der Waals surface area (Å²) in [5.74, 6) is 1.37. The van der Waals surface area contributed by atoms with Crippen molar-refractivity contribution < 1.29 is 19.8 Å². The van der Waals surface area contributed by atoms with E-state index in [0.717, 1.165) is 4.90 Å². The number of hydrogen-bond acceptors (Lipinski definition) is 3. The van der Waals surface area contributed by atoms with Crippen molar-refractivity contribution >= 4 is 12.0 Å². The van der Waals surface area contributed by atoms with Crippen LogP contribution in [-0.4, -0.2) is 51.8 Å². The summed E-state index contributed by atoms with van der Waals surface area (Å²) in [5, 5.41) is 21.0. The molecule has 0 aliphatic carbocycles. The molecular formula is C12H18N2O4. The summed E-state index contributed by atoms with van der Waals surface area (Å²) in [6.07, 6.45) is 4.53. The molecule has 0 bridgehead atoms. The van der Waals surface area contributed by atoms with Gasteiger partial charge < -0.3 is 20.4 Å². The maximum absolute atomic E-state index is 11.9. The van der Waals surface area contributed by atoms with E-state index < -0.39 is 30.2 Å². The minimum atomic E-state index is -1.12. The first-order chi connectivity index (χ1) is 8.36. The van der Waals surface area contributed by atoms with Crippen LogP contribution in [-0.2, 0) is 4.79 Å². The second kappa shape index (κ2) is 5.74. The first-order valence-electron chi connectivity index (χ1n) is 5.81. The first kappa shape index (κ1) is 14.3. The van der Waals surface area contributed by atoms with Gasteiger partial charge in [0.1, 0.15) is 6.04 Å². The number of carbonyl (C=O) groups excluding carboxylic acids is 1. The molecule has 2 amide bonds. The number of terminal acetylenes is 1. The number of aliphatic hydroxyl groups excluding tert-OH is 1.